The predicted octanol–water partition coefficient (Wildman–Crippen LogP) is 4.60. The molecule has 1 aliphatic heterocycles. The summed E-state index contributed by atoms with van der Waals surface area (Å²) in [6, 6.07) is 19.9. The Balaban J connectivity index is 1.17. The van der Waals surface area contributed by atoms with Gasteiger partial charge in [-0.1, -0.05) is 48.5 Å². The minimum absolute atomic E-state index is 0.0775. The zero-order chi connectivity index (χ0) is 23.3. The van der Waals surface area contributed by atoms with Crippen LogP contribution in [0, 0.1) is 0 Å². The summed E-state index contributed by atoms with van der Waals surface area (Å²) < 4.78 is 0. The molecule has 2 N–H and O–H groups in total. The number of aryl methyl sites for hydroxylation is 1. The fourth-order valence-electron chi connectivity index (χ4n) is 4.86. The number of nitrogens with zero attached hydrogens (tertiary/aromatic N) is 2. The van der Waals surface area contributed by atoms with Gasteiger partial charge in [-0.2, -0.15) is 0 Å². The van der Waals surface area contributed by atoms with Crippen LogP contribution in [-0.4, -0.2) is 40.8 Å². The first kappa shape index (κ1) is 22.7. The molecular formula is C27H30N4O2S. The summed E-state index contributed by atoms with van der Waals surface area (Å²) in [5.74, 6) is -0.326. The number of amides is 2. The van der Waals surface area contributed by atoms with E-state index in [1.54, 1.807) is 12.1 Å². The summed E-state index contributed by atoms with van der Waals surface area (Å²) in [4.78, 5) is 34.0. The Bertz CT molecular complexity index is 1120. The Hall–Kier alpha value is -3.03. The molecule has 176 valence electrons. The number of hydrogen-bond acceptors (Lipinski definition) is 5. The molecule has 2 amide bonds. The smallest absolute Gasteiger partial charge is 0.257 e. The zero-order valence-electron chi connectivity index (χ0n) is 19.2. The summed E-state index contributed by atoms with van der Waals surface area (Å²) in [6.45, 7) is 2.94. The highest BCUT2D eigenvalue weighted by Gasteiger charge is 2.32. The van der Waals surface area contributed by atoms with E-state index in [0.29, 0.717) is 10.7 Å². The molecule has 34 heavy (non-hydrogen) atoms. The molecule has 1 unspecified atom stereocenters. The number of carbonyl (C=O) groups excluding carboxylic acids is 2. The number of benzene rings is 2. The van der Waals surface area contributed by atoms with Crippen molar-refractivity contribution >= 4 is 28.3 Å². The first-order valence-electron chi connectivity index (χ1n) is 12.1. The molecule has 6 nitrogen and oxygen atoms in total. The van der Waals surface area contributed by atoms with E-state index in [1.165, 1.54) is 16.9 Å². The minimum atomic E-state index is -0.232. The quantitative estimate of drug-likeness (QED) is 0.548. The van der Waals surface area contributed by atoms with Gasteiger partial charge in [0, 0.05) is 36.1 Å². The lowest BCUT2D eigenvalue weighted by atomic mass is 9.89. The van der Waals surface area contributed by atoms with E-state index in [4.69, 9.17) is 0 Å². The predicted molar refractivity (Wildman–Crippen MR) is 135 cm³/mol. The van der Waals surface area contributed by atoms with Gasteiger partial charge in [0.05, 0.1) is 11.6 Å². The molecule has 2 aliphatic rings. The average molecular weight is 475 g/mol. The fourth-order valence-corrected chi connectivity index (χ4v) is 5.92. The summed E-state index contributed by atoms with van der Waals surface area (Å²) in [6.07, 6.45) is 4.62. The first-order chi connectivity index (χ1) is 16.7. The third-order valence-electron chi connectivity index (χ3n) is 6.71. The maximum Gasteiger partial charge on any atom is 0.257 e. The Morgan fingerprint density at radius 1 is 0.971 bits per heavy atom. The molecule has 1 aromatic heterocycles. The van der Waals surface area contributed by atoms with E-state index in [-0.39, 0.29) is 23.8 Å². The second-order valence-corrected chi connectivity index (χ2v) is 10.2. The van der Waals surface area contributed by atoms with E-state index in [1.807, 2.05) is 24.3 Å². The van der Waals surface area contributed by atoms with Crippen molar-refractivity contribution in [2.24, 2.45) is 0 Å². The third kappa shape index (κ3) is 5.37. The Morgan fingerprint density at radius 3 is 2.41 bits per heavy atom. The summed E-state index contributed by atoms with van der Waals surface area (Å²) in [5, 5.41) is 6.79. The van der Waals surface area contributed by atoms with E-state index in [9.17, 15) is 9.59 Å². The van der Waals surface area contributed by atoms with Crippen molar-refractivity contribution in [3.63, 3.8) is 0 Å². The molecule has 1 atom stereocenters. The van der Waals surface area contributed by atoms with Crippen LogP contribution in [0.25, 0.3) is 0 Å². The monoisotopic (exact) mass is 474 g/mol. The Kier molecular flexibility index (Phi) is 7.02. The Labute approximate surface area is 204 Å². The van der Waals surface area contributed by atoms with Crippen LogP contribution in [0.1, 0.15) is 58.1 Å². The first-order valence-corrected chi connectivity index (χ1v) is 12.9. The number of fused-ring (bicyclic) bond motifs is 1. The number of thiazole rings is 1. The maximum absolute atomic E-state index is 13.2. The number of rotatable bonds is 6. The zero-order valence-corrected chi connectivity index (χ0v) is 20.0. The van der Waals surface area contributed by atoms with Gasteiger partial charge in [-0.25, -0.2) is 4.98 Å². The van der Waals surface area contributed by atoms with Crippen LogP contribution in [0.3, 0.4) is 0 Å². The van der Waals surface area contributed by atoms with Crippen LogP contribution < -0.4 is 10.6 Å². The van der Waals surface area contributed by atoms with Gasteiger partial charge in [0.15, 0.2) is 5.13 Å². The van der Waals surface area contributed by atoms with Crippen molar-refractivity contribution in [2.45, 2.75) is 50.6 Å². The second kappa shape index (κ2) is 10.5. The van der Waals surface area contributed by atoms with Crippen LogP contribution in [0.15, 0.2) is 60.7 Å². The molecule has 0 spiro atoms. The van der Waals surface area contributed by atoms with Crippen LogP contribution >= 0.6 is 11.3 Å². The highest BCUT2D eigenvalue weighted by Crippen LogP contribution is 2.37. The van der Waals surface area contributed by atoms with E-state index in [2.05, 4.69) is 44.8 Å². The topological polar surface area (TPSA) is 74.3 Å². The van der Waals surface area contributed by atoms with Crippen molar-refractivity contribution < 1.29 is 9.59 Å². The summed E-state index contributed by atoms with van der Waals surface area (Å²) in [7, 11) is 0. The molecule has 7 heteroatoms. The minimum Gasteiger partial charge on any atom is -0.353 e. The van der Waals surface area contributed by atoms with Gasteiger partial charge in [0.1, 0.15) is 0 Å². The van der Waals surface area contributed by atoms with Gasteiger partial charge >= 0.3 is 0 Å². The molecular weight excluding hydrogens is 444 g/mol. The van der Waals surface area contributed by atoms with Crippen molar-refractivity contribution in [1.82, 2.24) is 15.2 Å². The molecule has 1 aliphatic carbocycles. The van der Waals surface area contributed by atoms with Crippen LogP contribution in [0.2, 0.25) is 0 Å². The molecule has 0 bridgehead atoms. The van der Waals surface area contributed by atoms with Gasteiger partial charge in [0.25, 0.3) is 5.91 Å². The normalized spacial score (nSPS) is 18.8. The number of nitrogens with one attached hydrogen (secondary N) is 2. The van der Waals surface area contributed by atoms with Crippen LogP contribution in [0.5, 0.6) is 0 Å². The summed E-state index contributed by atoms with van der Waals surface area (Å²) >= 11 is 1.50. The van der Waals surface area contributed by atoms with E-state index >= 15 is 0 Å². The highest BCUT2D eigenvalue weighted by molar-refractivity contribution is 7.16. The Morgan fingerprint density at radius 2 is 1.68 bits per heavy atom. The van der Waals surface area contributed by atoms with Crippen molar-refractivity contribution in [1.29, 1.82) is 0 Å². The van der Waals surface area contributed by atoms with Crippen molar-refractivity contribution in [3.05, 3.63) is 82.4 Å². The molecule has 0 saturated carbocycles. The number of likely N-dealkylation sites (tertiary alicyclic amines) is 1. The van der Waals surface area contributed by atoms with Crippen LogP contribution in [0.4, 0.5) is 5.13 Å². The maximum atomic E-state index is 13.2. The van der Waals surface area contributed by atoms with Gasteiger partial charge < -0.3 is 5.32 Å². The molecule has 1 fully saturated rings. The van der Waals surface area contributed by atoms with Crippen LogP contribution in [-0.2, 0) is 17.8 Å². The lowest BCUT2D eigenvalue weighted by Crippen LogP contribution is -2.46. The number of carbonyl (C=O) groups is 2. The highest BCUT2D eigenvalue weighted by atomic mass is 32.1. The fraction of sp³-hybridized carbons (Fsp3) is 0.370. The van der Waals surface area contributed by atoms with Gasteiger partial charge in [-0.3, -0.25) is 19.8 Å². The van der Waals surface area contributed by atoms with E-state index < -0.39 is 0 Å². The largest absolute Gasteiger partial charge is 0.353 e. The standard InChI is InChI=1S/C27H30N4O2S/c32-25(20-10-5-2-6-11-20)30-27-29-24-22(12-7-13-23(24)34-27)26(33)28-21-14-16-31(17-15-21)18-19-8-3-1-4-9-19/h1-6,8-11,21-22H,7,12-18H2,(H,28,33)(H,29,30,32). The average Bonchev–Trinajstić information content (AvgIpc) is 3.29. The van der Waals surface area contributed by atoms with E-state index in [0.717, 1.165) is 62.3 Å². The molecule has 1 saturated heterocycles. The number of anilines is 1. The number of hydrogen-bond donors (Lipinski definition) is 2. The number of piperidine rings is 1. The lowest BCUT2D eigenvalue weighted by Gasteiger charge is -2.33. The summed E-state index contributed by atoms with van der Waals surface area (Å²) in [5.41, 5.74) is 2.78. The van der Waals surface area contributed by atoms with Gasteiger partial charge in [-0.05, 0) is 49.8 Å². The van der Waals surface area contributed by atoms with Gasteiger partial charge in [-0.15, -0.1) is 11.3 Å². The van der Waals surface area contributed by atoms with Crippen molar-refractivity contribution in [2.75, 3.05) is 18.4 Å². The molecule has 5 rings (SSSR count). The van der Waals surface area contributed by atoms with Crippen molar-refractivity contribution in [3.8, 4) is 0 Å². The molecule has 2 aromatic carbocycles. The van der Waals surface area contributed by atoms with Gasteiger partial charge in [0.2, 0.25) is 5.91 Å². The third-order valence-corrected chi connectivity index (χ3v) is 7.76. The molecule has 0 radical (unpaired) electrons. The second-order valence-electron chi connectivity index (χ2n) is 9.14. The molecule has 2 heterocycles. The number of aromatic nitrogens is 1. The lowest BCUT2D eigenvalue weighted by molar-refractivity contribution is -0.124. The molecule has 3 aromatic rings. The SMILES string of the molecule is O=C(Nc1nc2c(s1)CCCC2C(=O)NC1CCN(Cc2ccccc2)CC1)c1ccccc1.